The summed E-state index contributed by atoms with van der Waals surface area (Å²) in [5.74, 6) is -0.396. The fourth-order valence-electron chi connectivity index (χ4n) is 4.91. The molecule has 0 radical (unpaired) electrons. The van der Waals surface area contributed by atoms with Gasteiger partial charge in [-0.1, -0.05) is 23.7 Å². The maximum atomic E-state index is 13.6. The summed E-state index contributed by atoms with van der Waals surface area (Å²) in [4.78, 5) is 34.9. The van der Waals surface area contributed by atoms with E-state index in [1.54, 1.807) is 48.5 Å². The smallest absolute Gasteiger partial charge is 0.267 e. The van der Waals surface area contributed by atoms with E-state index in [1.165, 1.54) is 29.3 Å². The molecule has 0 spiro atoms. The predicted molar refractivity (Wildman–Crippen MR) is 139 cm³/mol. The number of carbonyl (C=O) groups is 1. The summed E-state index contributed by atoms with van der Waals surface area (Å²) in [6, 6.07) is 18.7. The Morgan fingerprint density at radius 1 is 0.919 bits per heavy atom. The summed E-state index contributed by atoms with van der Waals surface area (Å²) in [7, 11) is 0. The molecule has 5 rings (SSSR count). The molecule has 9 nitrogen and oxygen atoms in total. The van der Waals surface area contributed by atoms with Crippen LogP contribution in [0.25, 0.3) is 6.08 Å². The SMILES string of the molecule is O=C(c1ccc(Cl)cc1)N1N=C2/C(=C/c3ccc([N+](=O)[O-])cc3)CCC[C@@H]2[C@@H]1c1ccc([N+](=O)[O-])cc1. The van der Waals surface area contributed by atoms with E-state index in [4.69, 9.17) is 16.7 Å². The molecule has 0 unspecified atom stereocenters. The highest BCUT2D eigenvalue weighted by molar-refractivity contribution is 6.30. The Morgan fingerprint density at radius 2 is 1.51 bits per heavy atom. The van der Waals surface area contributed by atoms with Crippen molar-refractivity contribution in [1.82, 2.24) is 5.01 Å². The van der Waals surface area contributed by atoms with Gasteiger partial charge in [-0.2, -0.15) is 5.10 Å². The first-order valence-corrected chi connectivity index (χ1v) is 12.1. The molecule has 0 saturated heterocycles. The third-order valence-corrected chi connectivity index (χ3v) is 6.94. The second-order valence-electron chi connectivity index (χ2n) is 8.95. The number of allylic oxidation sites excluding steroid dienone is 1. The average Bonchev–Trinajstić information content (AvgIpc) is 3.30. The number of hydrogen-bond acceptors (Lipinski definition) is 6. The summed E-state index contributed by atoms with van der Waals surface area (Å²) in [6.07, 6.45) is 4.37. The predicted octanol–water partition coefficient (Wildman–Crippen LogP) is 6.59. The Labute approximate surface area is 217 Å². The van der Waals surface area contributed by atoms with Gasteiger partial charge in [0.05, 0.1) is 21.6 Å². The molecular weight excluding hydrogens is 496 g/mol. The molecule has 0 aromatic heterocycles. The van der Waals surface area contributed by atoms with Crippen LogP contribution in [0.5, 0.6) is 0 Å². The van der Waals surface area contributed by atoms with Crippen molar-refractivity contribution in [2.75, 3.05) is 0 Å². The van der Waals surface area contributed by atoms with Crippen molar-refractivity contribution in [1.29, 1.82) is 0 Å². The van der Waals surface area contributed by atoms with Gasteiger partial charge in [-0.3, -0.25) is 25.0 Å². The molecule has 1 aliphatic heterocycles. The zero-order valence-corrected chi connectivity index (χ0v) is 20.2. The molecule has 0 bridgehead atoms. The maximum absolute atomic E-state index is 13.6. The number of amides is 1. The minimum Gasteiger partial charge on any atom is -0.267 e. The first kappa shape index (κ1) is 24.3. The fourth-order valence-corrected chi connectivity index (χ4v) is 5.04. The maximum Gasteiger partial charge on any atom is 0.274 e. The molecule has 0 N–H and O–H groups in total. The lowest BCUT2D eigenvalue weighted by atomic mass is 9.77. The van der Waals surface area contributed by atoms with Crippen molar-refractivity contribution >= 4 is 40.7 Å². The van der Waals surface area contributed by atoms with Gasteiger partial charge in [-0.15, -0.1) is 0 Å². The van der Waals surface area contributed by atoms with Crippen LogP contribution in [0.2, 0.25) is 5.02 Å². The van der Waals surface area contributed by atoms with Crippen LogP contribution in [0.3, 0.4) is 0 Å². The largest absolute Gasteiger partial charge is 0.274 e. The van der Waals surface area contributed by atoms with Gasteiger partial charge >= 0.3 is 0 Å². The number of hydrogen-bond donors (Lipinski definition) is 0. The van der Waals surface area contributed by atoms with Gasteiger partial charge < -0.3 is 0 Å². The summed E-state index contributed by atoms with van der Waals surface area (Å²) in [5.41, 5.74) is 3.73. The molecule has 1 amide bonds. The van der Waals surface area contributed by atoms with Crippen molar-refractivity contribution in [3.63, 3.8) is 0 Å². The molecule has 1 saturated carbocycles. The van der Waals surface area contributed by atoms with E-state index in [0.29, 0.717) is 10.6 Å². The number of nitro groups is 2. The highest BCUT2D eigenvalue weighted by atomic mass is 35.5. The first-order valence-electron chi connectivity index (χ1n) is 11.7. The minimum atomic E-state index is -0.456. The number of fused-ring (bicyclic) bond motifs is 1. The Balaban J connectivity index is 1.55. The molecule has 3 aromatic rings. The van der Waals surface area contributed by atoms with E-state index in [2.05, 4.69) is 0 Å². The van der Waals surface area contributed by atoms with Crippen molar-refractivity contribution in [2.24, 2.45) is 11.0 Å². The second-order valence-corrected chi connectivity index (χ2v) is 9.39. The number of nitro benzene ring substituents is 2. The normalized spacial score (nSPS) is 19.9. The Bertz CT molecular complexity index is 1430. The molecule has 186 valence electrons. The van der Waals surface area contributed by atoms with Crippen LogP contribution in [0.4, 0.5) is 11.4 Å². The second kappa shape index (κ2) is 9.94. The Hall–Kier alpha value is -4.37. The Morgan fingerprint density at radius 3 is 2.11 bits per heavy atom. The molecule has 1 fully saturated rings. The monoisotopic (exact) mass is 516 g/mol. The van der Waals surface area contributed by atoms with Gasteiger partial charge in [0.1, 0.15) is 0 Å². The van der Waals surface area contributed by atoms with Crippen LogP contribution >= 0.6 is 11.6 Å². The number of nitrogens with zero attached hydrogens (tertiary/aromatic N) is 4. The van der Waals surface area contributed by atoms with Crippen LogP contribution in [0.15, 0.2) is 83.5 Å². The van der Waals surface area contributed by atoms with Gasteiger partial charge in [0.2, 0.25) is 0 Å². The van der Waals surface area contributed by atoms with E-state index < -0.39 is 15.9 Å². The number of rotatable bonds is 5. The third-order valence-electron chi connectivity index (χ3n) is 6.69. The lowest BCUT2D eigenvalue weighted by Crippen LogP contribution is -2.31. The lowest BCUT2D eigenvalue weighted by Gasteiger charge is -2.29. The van der Waals surface area contributed by atoms with Crippen LogP contribution in [0, 0.1) is 26.1 Å². The van der Waals surface area contributed by atoms with Gasteiger partial charge in [0, 0.05) is 40.8 Å². The summed E-state index contributed by atoms with van der Waals surface area (Å²) >= 11 is 6.01. The lowest BCUT2D eigenvalue weighted by molar-refractivity contribution is -0.385. The van der Waals surface area contributed by atoms with Crippen molar-refractivity contribution in [3.05, 3.63) is 120 Å². The van der Waals surface area contributed by atoms with E-state index in [1.807, 2.05) is 6.08 Å². The zero-order chi connectivity index (χ0) is 26.1. The van der Waals surface area contributed by atoms with Gasteiger partial charge in [-0.25, -0.2) is 5.01 Å². The molecule has 2 atom stereocenters. The van der Waals surface area contributed by atoms with Crippen molar-refractivity contribution in [2.45, 2.75) is 25.3 Å². The summed E-state index contributed by atoms with van der Waals surface area (Å²) < 4.78 is 0. The molecular formula is C27H21ClN4O5. The number of hydrazone groups is 1. The quantitative estimate of drug-likeness (QED) is 0.280. The standard InChI is InChI=1S/C27H21ClN4O5/c28-21-10-6-19(7-11-21)27(33)30-26(18-8-14-23(15-9-18)32(36)37)24-3-1-2-20(25(24)29-30)16-17-4-12-22(13-5-17)31(34)35/h4-16,24,26H,1-3H2/b20-16+/t24-,26-/m0/s1. The summed E-state index contributed by atoms with van der Waals surface area (Å²) in [6.45, 7) is 0. The van der Waals surface area contributed by atoms with E-state index in [0.717, 1.165) is 41.7 Å². The molecule has 10 heteroatoms. The van der Waals surface area contributed by atoms with Gasteiger partial charge in [0.25, 0.3) is 17.3 Å². The highest BCUT2D eigenvalue weighted by Crippen LogP contribution is 2.45. The average molecular weight is 517 g/mol. The van der Waals surface area contributed by atoms with E-state index in [9.17, 15) is 25.0 Å². The Kier molecular flexibility index (Phi) is 6.54. The zero-order valence-electron chi connectivity index (χ0n) is 19.5. The molecule has 1 aliphatic carbocycles. The number of halogens is 1. The van der Waals surface area contributed by atoms with Crippen molar-refractivity contribution in [3.8, 4) is 0 Å². The number of non-ortho nitro benzene ring substituents is 2. The molecule has 3 aromatic carbocycles. The number of benzene rings is 3. The minimum absolute atomic E-state index is 0.0137. The molecule has 37 heavy (non-hydrogen) atoms. The van der Waals surface area contributed by atoms with Crippen LogP contribution in [-0.2, 0) is 0 Å². The molecule has 1 heterocycles. The van der Waals surface area contributed by atoms with Crippen molar-refractivity contribution < 1.29 is 14.6 Å². The highest BCUT2D eigenvalue weighted by Gasteiger charge is 2.44. The van der Waals surface area contributed by atoms with Crippen LogP contribution in [0.1, 0.15) is 46.8 Å². The third kappa shape index (κ3) is 4.85. The fraction of sp³-hybridized carbons (Fsp3) is 0.185. The van der Waals surface area contributed by atoms with E-state index >= 15 is 0 Å². The van der Waals surface area contributed by atoms with Gasteiger partial charge in [-0.05, 0) is 78.4 Å². The first-order chi connectivity index (χ1) is 17.8. The topological polar surface area (TPSA) is 119 Å². The summed E-state index contributed by atoms with van der Waals surface area (Å²) in [5, 5.41) is 29.0. The van der Waals surface area contributed by atoms with Crippen LogP contribution < -0.4 is 0 Å². The van der Waals surface area contributed by atoms with Crippen LogP contribution in [-0.4, -0.2) is 26.5 Å². The number of carbonyl (C=O) groups excluding carboxylic acids is 1. The molecule has 2 aliphatic rings. The van der Waals surface area contributed by atoms with Gasteiger partial charge in [0.15, 0.2) is 0 Å². The van der Waals surface area contributed by atoms with E-state index in [-0.39, 0.29) is 23.2 Å².